The summed E-state index contributed by atoms with van der Waals surface area (Å²) in [5.41, 5.74) is 1.14. The first-order chi connectivity index (χ1) is 10.2. The molecule has 2 saturated heterocycles. The van der Waals surface area contributed by atoms with Crippen LogP contribution in [0.3, 0.4) is 0 Å². The highest BCUT2D eigenvalue weighted by atomic mass is 35.5. The Bertz CT molecular complexity index is 470. The molecule has 3 rings (SSSR count). The standard InChI is InChI=1S/C16H24ClN3O.2ClH/c17-13-3-1-2-4-15(13)20-9-6-12(7-10-20)19-14-11-18-8-5-16(14)21;;/h1-4,12,14,16,18-19,21H,5-11H2;2*1H/t14-,16+;;/m0../s1. The maximum atomic E-state index is 10.0. The summed E-state index contributed by atoms with van der Waals surface area (Å²) in [4.78, 5) is 2.36. The van der Waals surface area contributed by atoms with Crippen molar-refractivity contribution in [2.45, 2.75) is 37.5 Å². The average molecular weight is 383 g/mol. The highest BCUT2D eigenvalue weighted by molar-refractivity contribution is 6.33. The van der Waals surface area contributed by atoms with Gasteiger partial charge in [-0.2, -0.15) is 0 Å². The fraction of sp³-hybridized carbons (Fsp3) is 0.625. The Morgan fingerprint density at radius 3 is 2.48 bits per heavy atom. The zero-order valence-corrected chi connectivity index (χ0v) is 15.5. The number of piperidine rings is 2. The van der Waals surface area contributed by atoms with Crippen molar-refractivity contribution in [1.29, 1.82) is 0 Å². The van der Waals surface area contributed by atoms with Crippen LogP contribution in [0.25, 0.3) is 0 Å². The van der Waals surface area contributed by atoms with Crippen molar-refractivity contribution in [1.82, 2.24) is 10.6 Å². The van der Waals surface area contributed by atoms with Gasteiger partial charge in [0.15, 0.2) is 0 Å². The molecular formula is C16H26Cl3N3O. The number of halogens is 3. The lowest BCUT2D eigenvalue weighted by Crippen LogP contribution is -2.56. The second kappa shape index (κ2) is 9.92. The largest absolute Gasteiger partial charge is 0.391 e. The lowest BCUT2D eigenvalue weighted by Gasteiger charge is -2.38. The SMILES string of the molecule is Cl.Cl.O[C@@H]1CCNC[C@@H]1NC1CCN(c2ccccc2Cl)CC1. The molecule has 2 atom stereocenters. The molecule has 2 fully saturated rings. The molecular weight excluding hydrogens is 357 g/mol. The Hall–Kier alpha value is -0.230. The second-order valence-electron chi connectivity index (χ2n) is 6.05. The van der Waals surface area contributed by atoms with Gasteiger partial charge in [-0.1, -0.05) is 23.7 Å². The topological polar surface area (TPSA) is 47.5 Å². The van der Waals surface area contributed by atoms with Crippen LogP contribution in [0.4, 0.5) is 5.69 Å². The Morgan fingerprint density at radius 2 is 1.83 bits per heavy atom. The molecule has 2 aliphatic heterocycles. The van der Waals surface area contributed by atoms with Crippen molar-refractivity contribution >= 4 is 42.1 Å². The van der Waals surface area contributed by atoms with Crippen molar-refractivity contribution < 1.29 is 5.11 Å². The summed E-state index contributed by atoms with van der Waals surface area (Å²) in [5, 5.41) is 17.8. The smallest absolute Gasteiger partial charge is 0.0717 e. The fourth-order valence-electron chi connectivity index (χ4n) is 3.31. The van der Waals surface area contributed by atoms with E-state index in [4.69, 9.17) is 11.6 Å². The van der Waals surface area contributed by atoms with E-state index >= 15 is 0 Å². The number of benzene rings is 1. The highest BCUT2D eigenvalue weighted by Crippen LogP contribution is 2.27. The zero-order chi connectivity index (χ0) is 14.7. The van der Waals surface area contributed by atoms with Crippen LogP contribution in [-0.2, 0) is 0 Å². The van der Waals surface area contributed by atoms with E-state index in [1.165, 1.54) is 0 Å². The molecule has 2 heterocycles. The van der Waals surface area contributed by atoms with Crippen LogP contribution in [-0.4, -0.2) is 49.5 Å². The van der Waals surface area contributed by atoms with Gasteiger partial charge < -0.3 is 20.6 Å². The van der Waals surface area contributed by atoms with Gasteiger partial charge in [0.05, 0.1) is 16.8 Å². The van der Waals surface area contributed by atoms with Crippen molar-refractivity contribution in [2.75, 3.05) is 31.1 Å². The monoisotopic (exact) mass is 381 g/mol. The average Bonchev–Trinajstić information content (AvgIpc) is 2.51. The summed E-state index contributed by atoms with van der Waals surface area (Å²) in [7, 11) is 0. The Kier molecular flexibility index (Phi) is 8.98. The number of anilines is 1. The van der Waals surface area contributed by atoms with E-state index in [1.807, 2.05) is 18.2 Å². The maximum Gasteiger partial charge on any atom is 0.0717 e. The number of nitrogens with zero attached hydrogens (tertiary/aromatic N) is 1. The summed E-state index contributed by atoms with van der Waals surface area (Å²) in [6.45, 7) is 3.81. The Labute approximate surface area is 155 Å². The molecule has 7 heteroatoms. The highest BCUT2D eigenvalue weighted by Gasteiger charge is 2.27. The summed E-state index contributed by atoms with van der Waals surface area (Å²) >= 11 is 6.27. The molecule has 2 aliphatic rings. The first-order valence-corrected chi connectivity index (χ1v) is 8.26. The van der Waals surface area contributed by atoms with Gasteiger partial charge in [0.25, 0.3) is 0 Å². The number of para-hydroxylation sites is 1. The Balaban J connectivity index is 0.00000132. The van der Waals surface area contributed by atoms with Crippen molar-refractivity contribution in [2.24, 2.45) is 0 Å². The molecule has 1 aromatic rings. The predicted molar refractivity (Wildman–Crippen MR) is 102 cm³/mol. The fourth-order valence-corrected chi connectivity index (χ4v) is 3.57. The van der Waals surface area contributed by atoms with Gasteiger partial charge in [0.1, 0.15) is 0 Å². The number of hydrogen-bond donors (Lipinski definition) is 3. The first kappa shape index (κ1) is 20.8. The number of aliphatic hydroxyl groups is 1. The molecule has 3 N–H and O–H groups in total. The van der Waals surface area contributed by atoms with Crippen LogP contribution in [0.15, 0.2) is 24.3 Å². The molecule has 132 valence electrons. The van der Waals surface area contributed by atoms with Crippen LogP contribution in [0.5, 0.6) is 0 Å². The predicted octanol–water partition coefficient (Wildman–Crippen LogP) is 2.46. The van der Waals surface area contributed by atoms with Crippen LogP contribution >= 0.6 is 36.4 Å². The molecule has 0 spiro atoms. The molecule has 4 nitrogen and oxygen atoms in total. The van der Waals surface area contributed by atoms with Crippen molar-refractivity contribution in [3.8, 4) is 0 Å². The van der Waals surface area contributed by atoms with Gasteiger partial charge >= 0.3 is 0 Å². The molecule has 0 unspecified atom stereocenters. The molecule has 0 aromatic heterocycles. The molecule has 0 saturated carbocycles. The normalized spacial score (nSPS) is 25.4. The van der Waals surface area contributed by atoms with E-state index in [9.17, 15) is 5.11 Å². The van der Waals surface area contributed by atoms with Crippen LogP contribution in [0.2, 0.25) is 5.02 Å². The molecule has 0 aliphatic carbocycles. The van der Waals surface area contributed by atoms with Gasteiger partial charge in [0.2, 0.25) is 0 Å². The third kappa shape index (κ3) is 5.38. The van der Waals surface area contributed by atoms with Gasteiger partial charge in [-0.15, -0.1) is 24.8 Å². The minimum absolute atomic E-state index is 0. The number of aliphatic hydroxyl groups excluding tert-OH is 1. The lowest BCUT2D eigenvalue weighted by molar-refractivity contribution is 0.0909. The van der Waals surface area contributed by atoms with Crippen LogP contribution in [0, 0.1) is 0 Å². The summed E-state index contributed by atoms with van der Waals surface area (Å²) in [6.07, 6.45) is 2.81. The molecule has 23 heavy (non-hydrogen) atoms. The molecule has 0 radical (unpaired) electrons. The van der Waals surface area contributed by atoms with Gasteiger partial charge in [-0.25, -0.2) is 0 Å². The van der Waals surface area contributed by atoms with E-state index in [2.05, 4.69) is 21.6 Å². The minimum atomic E-state index is -0.215. The van der Waals surface area contributed by atoms with E-state index in [1.54, 1.807) is 0 Å². The van der Waals surface area contributed by atoms with E-state index < -0.39 is 0 Å². The van der Waals surface area contributed by atoms with Crippen LogP contribution in [0.1, 0.15) is 19.3 Å². The van der Waals surface area contributed by atoms with Gasteiger partial charge in [-0.3, -0.25) is 0 Å². The Morgan fingerprint density at radius 1 is 1.13 bits per heavy atom. The van der Waals surface area contributed by atoms with E-state index in [-0.39, 0.29) is 37.0 Å². The third-order valence-electron chi connectivity index (χ3n) is 4.58. The third-order valence-corrected chi connectivity index (χ3v) is 4.90. The zero-order valence-electron chi connectivity index (χ0n) is 13.1. The first-order valence-electron chi connectivity index (χ1n) is 7.88. The number of hydrogen-bond acceptors (Lipinski definition) is 4. The maximum absolute atomic E-state index is 10.0. The molecule has 0 amide bonds. The second-order valence-corrected chi connectivity index (χ2v) is 6.45. The minimum Gasteiger partial charge on any atom is -0.391 e. The van der Waals surface area contributed by atoms with E-state index in [0.717, 1.165) is 56.2 Å². The lowest BCUT2D eigenvalue weighted by atomic mass is 9.99. The summed E-state index contributed by atoms with van der Waals surface area (Å²) in [6, 6.07) is 8.72. The van der Waals surface area contributed by atoms with E-state index in [0.29, 0.717) is 6.04 Å². The number of nitrogens with one attached hydrogen (secondary N) is 2. The van der Waals surface area contributed by atoms with Crippen molar-refractivity contribution in [3.05, 3.63) is 29.3 Å². The number of rotatable bonds is 3. The van der Waals surface area contributed by atoms with Gasteiger partial charge in [-0.05, 0) is 37.9 Å². The van der Waals surface area contributed by atoms with Crippen LogP contribution < -0.4 is 15.5 Å². The summed E-state index contributed by atoms with van der Waals surface area (Å²) in [5.74, 6) is 0. The molecule has 1 aromatic carbocycles. The van der Waals surface area contributed by atoms with Crippen molar-refractivity contribution in [3.63, 3.8) is 0 Å². The quantitative estimate of drug-likeness (QED) is 0.751. The summed E-state index contributed by atoms with van der Waals surface area (Å²) < 4.78 is 0. The van der Waals surface area contributed by atoms with Gasteiger partial charge in [0, 0.05) is 31.7 Å². The molecule has 0 bridgehead atoms.